The highest BCUT2D eigenvalue weighted by molar-refractivity contribution is 5.23. The number of hydrogen-bond donors (Lipinski definition) is 0. The van der Waals surface area contributed by atoms with Gasteiger partial charge in [0.25, 0.3) is 0 Å². The Balaban J connectivity index is 2.14. The van der Waals surface area contributed by atoms with Crippen molar-refractivity contribution in [1.82, 2.24) is 0 Å². The molecule has 18 heavy (non-hydrogen) atoms. The third-order valence-corrected chi connectivity index (χ3v) is 2.86. The molecule has 0 bridgehead atoms. The summed E-state index contributed by atoms with van der Waals surface area (Å²) in [6, 6.07) is 12.5. The van der Waals surface area contributed by atoms with Gasteiger partial charge in [-0.1, -0.05) is 24.3 Å². The molecule has 1 unspecified atom stereocenters. The van der Waals surface area contributed by atoms with Gasteiger partial charge >= 0.3 is 0 Å². The van der Waals surface area contributed by atoms with Gasteiger partial charge in [0.05, 0.1) is 6.10 Å². The number of benzene rings is 2. The van der Waals surface area contributed by atoms with E-state index in [1.54, 1.807) is 31.4 Å². The molecule has 94 valence electrons. The summed E-state index contributed by atoms with van der Waals surface area (Å²) < 4.78 is 31.0. The maximum Gasteiger partial charge on any atom is 0.123 e. The lowest BCUT2D eigenvalue weighted by atomic mass is 10.0. The Hall–Kier alpha value is -1.74. The molecular formula is C15H14F2O. The lowest BCUT2D eigenvalue weighted by Crippen LogP contribution is -2.05. The summed E-state index contributed by atoms with van der Waals surface area (Å²) in [7, 11) is 1.61. The van der Waals surface area contributed by atoms with Gasteiger partial charge in [-0.15, -0.1) is 0 Å². The van der Waals surface area contributed by atoms with Crippen molar-refractivity contribution in [2.75, 3.05) is 7.11 Å². The molecule has 0 heterocycles. The molecule has 0 radical (unpaired) electrons. The van der Waals surface area contributed by atoms with E-state index >= 15 is 0 Å². The van der Waals surface area contributed by atoms with Gasteiger partial charge in [0.2, 0.25) is 0 Å². The van der Waals surface area contributed by atoms with Crippen LogP contribution in [0.5, 0.6) is 0 Å². The molecular weight excluding hydrogens is 234 g/mol. The lowest BCUT2D eigenvalue weighted by molar-refractivity contribution is 0.103. The predicted octanol–water partition coefficient (Wildman–Crippen LogP) is 3.90. The zero-order valence-electron chi connectivity index (χ0n) is 10.1. The molecule has 2 rings (SSSR count). The quantitative estimate of drug-likeness (QED) is 0.797. The molecule has 1 atom stereocenters. The molecule has 2 aromatic rings. The van der Waals surface area contributed by atoms with Gasteiger partial charge in [-0.05, 0) is 35.4 Å². The fourth-order valence-electron chi connectivity index (χ4n) is 1.85. The van der Waals surface area contributed by atoms with Crippen LogP contribution in [0, 0.1) is 11.6 Å². The fraction of sp³-hybridized carbons (Fsp3) is 0.200. The minimum Gasteiger partial charge on any atom is -0.376 e. The highest BCUT2D eigenvalue weighted by Crippen LogP contribution is 2.22. The molecule has 1 nitrogen and oxygen atoms in total. The first-order valence-electron chi connectivity index (χ1n) is 5.72. The zero-order valence-corrected chi connectivity index (χ0v) is 10.1. The van der Waals surface area contributed by atoms with Crippen molar-refractivity contribution in [2.24, 2.45) is 0 Å². The second-order valence-corrected chi connectivity index (χ2v) is 4.11. The topological polar surface area (TPSA) is 9.23 Å². The van der Waals surface area contributed by atoms with Crippen LogP contribution >= 0.6 is 0 Å². The van der Waals surface area contributed by atoms with Crippen molar-refractivity contribution < 1.29 is 13.5 Å². The Kier molecular flexibility index (Phi) is 4.05. The summed E-state index contributed by atoms with van der Waals surface area (Å²) in [5.74, 6) is -0.523. The van der Waals surface area contributed by atoms with Gasteiger partial charge in [0, 0.05) is 13.5 Å². The number of halogens is 2. The number of hydrogen-bond acceptors (Lipinski definition) is 1. The van der Waals surface area contributed by atoms with Crippen LogP contribution < -0.4 is 0 Å². The van der Waals surface area contributed by atoms with Crippen molar-refractivity contribution in [3.05, 3.63) is 71.3 Å². The molecule has 0 saturated heterocycles. The fourth-order valence-corrected chi connectivity index (χ4v) is 1.85. The SMILES string of the molecule is COC(Cc1ccc(F)cc1)c1ccc(F)cc1. The van der Waals surface area contributed by atoms with E-state index < -0.39 is 0 Å². The molecule has 0 aromatic heterocycles. The predicted molar refractivity (Wildman–Crippen MR) is 66.3 cm³/mol. The van der Waals surface area contributed by atoms with Crippen molar-refractivity contribution in [3.63, 3.8) is 0 Å². The lowest BCUT2D eigenvalue weighted by Gasteiger charge is -2.15. The van der Waals surface area contributed by atoms with Crippen LogP contribution in [0.15, 0.2) is 48.5 Å². The van der Waals surface area contributed by atoms with E-state index in [0.717, 1.165) is 11.1 Å². The van der Waals surface area contributed by atoms with E-state index in [2.05, 4.69) is 0 Å². The molecule has 0 spiro atoms. The van der Waals surface area contributed by atoms with Crippen LogP contribution in [0.1, 0.15) is 17.2 Å². The van der Waals surface area contributed by atoms with Gasteiger partial charge in [0.1, 0.15) is 11.6 Å². The Labute approximate surface area is 105 Å². The molecule has 0 N–H and O–H groups in total. The molecule has 0 aliphatic heterocycles. The summed E-state index contributed by atoms with van der Waals surface area (Å²) >= 11 is 0. The van der Waals surface area contributed by atoms with E-state index in [9.17, 15) is 8.78 Å². The van der Waals surface area contributed by atoms with Gasteiger partial charge in [-0.3, -0.25) is 0 Å². The Morgan fingerprint density at radius 1 is 0.889 bits per heavy atom. The smallest absolute Gasteiger partial charge is 0.123 e. The van der Waals surface area contributed by atoms with E-state index in [0.29, 0.717) is 6.42 Å². The van der Waals surface area contributed by atoms with Crippen molar-refractivity contribution in [1.29, 1.82) is 0 Å². The van der Waals surface area contributed by atoms with Crippen LogP contribution in [-0.2, 0) is 11.2 Å². The summed E-state index contributed by atoms with van der Waals surface area (Å²) in [5, 5.41) is 0. The third kappa shape index (κ3) is 3.14. The third-order valence-electron chi connectivity index (χ3n) is 2.86. The summed E-state index contributed by atoms with van der Waals surface area (Å²) in [4.78, 5) is 0. The van der Waals surface area contributed by atoms with E-state index in [4.69, 9.17) is 4.74 Å². The largest absolute Gasteiger partial charge is 0.376 e. The van der Waals surface area contributed by atoms with Gasteiger partial charge in [-0.25, -0.2) is 8.78 Å². The van der Waals surface area contributed by atoms with Crippen LogP contribution in [0.4, 0.5) is 8.78 Å². The first-order chi connectivity index (χ1) is 8.69. The average molecular weight is 248 g/mol. The Morgan fingerprint density at radius 3 is 1.89 bits per heavy atom. The van der Waals surface area contributed by atoms with Gasteiger partial charge in [0.15, 0.2) is 0 Å². The minimum atomic E-state index is -0.268. The molecule has 0 saturated carbocycles. The van der Waals surface area contributed by atoms with E-state index in [1.165, 1.54) is 24.3 Å². The number of ether oxygens (including phenoxy) is 1. The second-order valence-electron chi connectivity index (χ2n) is 4.11. The average Bonchev–Trinajstić information content (AvgIpc) is 2.39. The maximum atomic E-state index is 12.8. The van der Waals surface area contributed by atoms with Crippen LogP contribution in [-0.4, -0.2) is 7.11 Å². The van der Waals surface area contributed by atoms with Crippen molar-refractivity contribution in [2.45, 2.75) is 12.5 Å². The van der Waals surface area contributed by atoms with E-state index in [-0.39, 0.29) is 17.7 Å². The van der Waals surface area contributed by atoms with Gasteiger partial charge in [-0.2, -0.15) is 0 Å². The molecule has 3 heteroatoms. The monoisotopic (exact) mass is 248 g/mol. The van der Waals surface area contributed by atoms with Crippen LogP contribution in [0.2, 0.25) is 0 Å². The molecule has 0 fully saturated rings. The molecule has 0 amide bonds. The van der Waals surface area contributed by atoms with E-state index in [1.807, 2.05) is 0 Å². The zero-order chi connectivity index (χ0) is 13.0. The normalized spacial score (nSPS) is 12.4. The van der Waals surface area contributed by atoms with Gasteiger partial charge < -0.3 is 4.74 Å². The highest BCUT2D eigenvalue weighted by Gasteiger charge is 2.11. The summed E-state index contributed by atoms with van der Waals surface area (Å²) in [5.41, 5.74) is 1.89. The highest BCUT2D eigenvalue weighted by atomic mass is 19.1. The van der Waals surface area contributed by atoms with Crippen LogP contribution in [0.3, 0.4) is 0 Å². The standard InChI is InChI=1S/C15H14F2O/c1-18-15(12-4-8-14(17)9-5-12)10-11-2-6-13(16)7-3-11/h2-9,15H,10H2,1H3. The van der Waals surface area contributed by atoms with Crippen molar-refractivity contribution >= 4 is 0 Å². The minimum absolute atomic E-state index is 0.156. The summed E-state index contributed by atoms with van der Waals surface area (Å²) in [6.07, 6.45) is 0.471. The first-order valence-corrected chi connectivity index (χ1v) is 5.72. The Bertz CT molecular complexity index is 491. The second kappa shape index (κ2) is 5.74. The Morgan fingerprint density at radius 2 is 1.39 bits per heavy atom. The maximum absolute atomic E-state index is 12.8. The molecule has 0 aliphatic rings. The molecule has 0 aliphatic carbocycles. The first kappa shape index (κ1) is 12.7. The summed E-state index contributed by atoms with van der Waals surface area (Å²) in [6.45, 7) is 0. The van der Waals surface area contributed by atoms with Crippen molar-refractivity contribution in [3.8, 4) is 0 Å². The van der Waals surface area contributed by atoms with Crippen LogP contribution in [0.25, 0.3) is 0 Å². The number of rotatable bonds is 4. The number of methoxy groups -OCH3 is 1. The molecule has 2 aromatic carbocycles.